The summed E-state index contributed by atoms with van der Waals surface area (Å²) in [4.78, 5) is 20.3. The first kappa shape index (κ1) is 109. The molecule has 43 nitrogen and oxygen atoms in total. The molecule has 0 bridgehead atoms. The lowest BCUT2D eigenvalue weighted by Gasteiger charge is -2.20. The zero-order chi connectivity index (χ0) is 104. The van der Waals surface area contributed by atoms with Gasteiger partial charge in [0.2, 0.25) is 59.2 Å². The third kappa shape index (κ3) is 29.6. The highest BCUT2D eigenvalue weighted by molar-refractivity contribution is 7.91. The number of nitrogens with zero attached hydrogens (tertiary/aromatic N) is 19. The number of H-pyrrole nitrogens is 5. The molecule has 5 aromatic heterocycles. The molecule has 15 aromatic rings. The van der Waals surface area contributed by atoms with Gasteiger partial charge in [0.25, 0.3) is 0 Å². The smallest absolute Gasteiger partial charge is 0.304 e. The number of sulfonamides is 3. The number of carbonyl (C=O) groups is 1. The molecule has 1 unspecified atom stereocenters. The molecular weight excluding hydrogens is 1950 g/mol. The Morgan fingerprint density at radius 2 is 0.766 bits per heavy atom. The molecule has 145 heavy (non-hydrogen) atoms. The normalized spacial score (nSPS) is 14.4. The SMILES string of the molecule is CC(CC(=O)O)NCc1ccc(-c2cccc(S(C)(=O)=O)c2-c2nn[nH]n2)cc1.CC1(C)CCN(Cc2ccc(-c3cccc(S(N)(=O)=O)c3-c3nn[nH]n3)cc2)C1.CC[C@H](CO)NCc1ccc(-c2cccc(S(C)(=O)=O)c2-c2nn[nH]n2)cc1.CN(C)CCCNCc1ccc(-c2cccc(S(N)(=O)=O)c2-c2nn[nH]n2)cc1.CN(C)[C@@H]1CCN(Cc2ccc(-c3cccc(S(N)(=O)=O)c3-c3nn[nH]n3)cc2)C1. The minimum atomic E-state index is -3.96. The summed E-state index contributed by atoms with van der Waals surface area (Å²) in [5.74, 6) is 0.139. The number of aromatic nitrogens is 20. The van der Waals surface area contributed by atoms with Gasteiger partial charge in [0.05, 0.1) is 54.2 Å². The number of aliphatic hydroxyl groups excluding tert-OH is 1. The van der Waals surface area contributed by atoms with Gasteiger partial charge < -0.3 is 36.0 Å². The van der Waals surface area contributed by atoms with E-state index in [1.54, 1.807) is 36.4 Å². The molecule has 0 aliphatic carbocycles. The largest absolute Gasteiger partial charge is 0.481 e. The lowest BCUT2D eigenvalue weighted by atomic mass is 9.93. The summed E-state index contributed by atoms with van der Waals surface area (Å²) < 4.78 is 122. The van der Waals surface area contributed by atoms with Crippen molar-refractivity contribution in [1.82, 2.24) is 139 Å². The van der Waals surface area contributed by atoms with Crippen LogP contribution in [0.2, 0.25) is 0 Å². The van der Waals surface area contributed by atoms with Crippen molar-refractivity contribution in [3.8, 4) is 113 Å². The minimum Gasteiger partial charge on any atom is -0.481 e. The van der Waals surface area contributed by atoms with Crippen LogP contribution in [0.25, 0.3) is 113 Å². The Kier molecular flexibility index (Phi) is 36.6. The van der Waals surface area contributed by atoms with Gasteiger partial charge in [-0.3, -0.25) is 14.6 Å². The van der Waals surface area contributed by atoms with E-state index in [2.05, 4.69) is 205 Å². The highest BCUT2D eigenvalue weighted by Crippen LogP contribution is 2.42. The number of aliphatic carboxylic acids is 1. The lowest BCUT2D eigenvalue weighted by Crippen LogP contribution is -2.31. The molecule has 2 saturated heterocycles. The maximum absolute atomic E-state index is 12.3. The van der Waals surface area contributed by atoms with Crippen LogP contribution in [-0.2, 0) is 87.3 Å². The van der Waals surface area contributed by atoms with E-state index < -0.39 is 55.7 Å². The van der Waals surface area contributed by atoms with E-state index in [9.17, 15) is 52.0 Å². The predicted molar refractivity (Wildman–Crippen MR) is 548 cm³/mol. The standard InChI is InChI=1S/C20H25N7O2S.C20H24N6O2S.C19H25N7O2S.C19H21N5O4S.C19H23N5O3S/c1-26(2)16-10-11-27(13-16)12-14-6-8-15(9-7-14)17-4-3-5-18(30(21,28)29)19(17)20-22-24-25-23-20;1-20(2)10-11-26(13-20)12-14-6-8-15(9-7-14)16-4-3-5-17(29(21,27)28)18(16)19-22-24-25-23-19;1-26(2)12-4-11-21-13-14-7-9-15(10-8-14)16-5-3-6-17(29(20,27)28)18(16)19-22-24-25-23-19;1-12(10-17(25)26)20-11-13-6-8-14(9-7-13)15-4-3-5-16(29(2,27)28)18(15)19-21-23-24-22-19;1-3-15(12-25)20-11-13-7-9-14(10-8-13)16-5-4-6-17(28(2,26)27)18(16)19-21-23-24-22-19/h3-9,16H,10-13H2,1-2H3,(H2,21,28,29)(H,22,23,24,25);3-9H,10-13H2,1-2H3,(H2,21,27,28)(H,22,23,24,25);3,5-10,21H,4,11-13H2,1-2H3,(H2,20,27,28)(H,22,23,24,25);3-9,12,20H,10-11H2,1-2H3,(H,25,26)(H,21,22,23,24);4-10,15,20,25H,3,11-12H2,1-2H3,(H,21,22,23,24)/t16-;;;;15-/m1...1/s1. The third-order valence-corrected chi connectivity index (χ3v) is 29.4. The van der Waals surface area contributed by atoms with Crippen LogP contribution in [0.3, 0.4) is 0 Å². The van der Waals surface area contributed by atoms with Crippen LogP contribution < -0.4 is 31.4 Å². The van der Waals surface area contributed by atoms with Gasteiger partial charge in [-0.2, -0.15) is 26.1 Å². The zero-order valence-electron chi connectivity index (χ0n) is 81.6. The summed E-state index contributed by atoms with van der Waals surface area (Å²) in [6.45, 7) is 18.6. The van der Waals surface area contributed by atoms with Crippen molar-refractivity contribution in [2.45, 2.75) is 135 Å². The van der Waals surface area contributed by atoms with E-state index in [0.29, 0.717) is 80.2 Å². The first-order valence-electron chi connectivity index (χ1n) is 46.2. The molecule has 2 aliphatic rings. The number of carboxylic acids is 1. The number of aromatic amines is 5. The topological polar surface area (TPSA) is 628 Å². The Morgan fingerprint density at radius 3 is 1.04 bits per heavy atom. The molecule has 0 spiro atoms. The fraction of sp³-hybridized carbons (Fsp3) is 0.320. The van der Waals surface area contributed by atoms with Gasteiger partial charge in [-0.1, -0.05) is 203 Å². The average molecular weight is 2070 g/mol. The molecule has 0 amide bonds. The number of aliphatic hydroxyl groups is 1. The van der Waals surface area contributed by atoms with Gasteiger partial charge in [-0.05, 0) is 226 Å². The Morgan fingerprint density at radius 1 is 0.448 bits per heavy atom. The summed E-state index contributed by atoms with van der Waals surface area (Å²) in [5, 5.41) is 114. The molecule has 7 heterocycles. The van der Waals surface area contributed by atoms with Crippen molar-refractivity contribution in [2.75, 3.05) is 86.6 Å². The lowest BCUT2D eigenvalue weighted by molar-refractivity contribution is -0.137. The maximum atomic E-state index is 12.3. The van der Waals surface area contributed by atoms with Crippen LogP contribution in [-0.4, -0.2) is 286 Å². The first-order chi connectivity index (χ1) is 69.1. The molecule has 17 rings (SSSR count). The summed E-state index contributed by atoms with van der Waals surface area (Å²) in [6, 6.07) is 65.0. The monoisotopic (exact) mass is 2070 g/mol. The average Bonchev–Trinajstić information content (AvgIpc) is 1.77. The minimum absolute atomic E-state index is 0.0280. The van der Waals surface area contributed by atoms with Crippen LogP contribution in [0.1, 0.15) is 87.6 Å². The fourth-order valence-electron chi connectivity index (χ4n) is 16.9. The van der Waals surface area contributed by atoms with Gasteiger partial charge in [0.1, 0.15) is 0 Å². The number of benzene rings is 10. The third-order valence-electron chi connectivity index (χ3n) is 24.3. The number of carboxylic acid groups (broad SMARTS) is 1. The van der Waals surface area contributed by atoms with Crippen LogP contribution >= 0.6 is 0 Å². The second-order valence-electron chi connectivity index (χ2n) is 36.4. The number of rotatable bonds is 36. The number of tetrazole rings is 5. The van der Waals surface area contributed by atoms with Crippen LogP contribution in [0, 0.1) is 5.41 Å². The van der Waals surface area contributed by atoms with Crippen molar-refractivity contribution in [2.24, 2.45) is 20.8 Å². The molecular formula is C97H118N30O13S5. The van der Waals surface area contributed by atoms with Crippen LogP contribution in [0.5, 0.6) is 0 Å². The number of sulfone groups is 2. The van der Waals surface area contributed by atoms with E-state index in [1.165, 1.54) is 48.2 Å². The van der Waals surface area contributed by atoms with Gasteiger partial charge >= 0.3 is 5.97 Å². The highest BCUT2D eigenvalue weighted by atomic mass is 32.2. The van der Waals surface area contributed by atoms with Crippen LogP contribution in [0.15, 0.2) is 237 Å². The summed E-state index contributed by atoms with van der Waals surface area (Å²) >= 11 is 0. The zero-order valence-corrected chi connectivity index (χ0v) is 85.7. The molecule has 0 saturated carbocycles. The molecule has 10 aromatic carbocycles. The molecule has 3 atom stereocenters. The molecule has 764 valence electrons. The van der Waals surface area contributed by atoms with Crippen molar-refractivity contribution in [3.63, 3.8) is 0 Å². The first-order valence-corrected chi connectivity index (χ1v) is 54.6. The summed E-state index contributed by atoms with van der Waals surface area (Å²) in [5.41, 5.74) is 15.5. The maximum Gasteiger partial charge on any atom is 0.304 e. The van der Waals surface area contributed by atoms with Crippen LogP contribution in [0.4, 0.5) is 0 Å². The van der Waals surface area contributed by atoms with Crippen molar-refractivity contribution >= 4 is 55.7 Å². The van der Waals surface area contributed by atoms with E-state index in [-0.39, 0.29) is 78.7 Å². The Balaban J connectivity index is 0.000000152. The van der Waals surface area contributed by atoms with Gasteiger partial charge in [0.15, 0.2) is 19.7 Å². The highest BCUT2D eigenvalue weighted by Gasteiger charge is 2.32. The number of likely N-dealkylation sites (tertiary alicyclic amines) is 2. The van der Waals surface area contributed by atoms with Crippen molar-refractivity contribution in [1.29, 1.82) is 0 Å². The molecule has 16 N–H and O–H groups in total. The van der Waals surface area contributed by atoms with E-state index in [4.69, 9.17) is 20.5 Å². The summed E-state index contributed by atoms with van der Waals surface area (Å²) in [7, 11) is -10.5. The predicted octanol–water partition coefficient (Wildman–Crippen LogP) is 8.64. The van der Waals surface area contributed by atoms with Crippen molar-refractivity contribution in [3.05, 3.63) is 240 Å². The number of nitrogens with one attached hydrogen (secondary N) is 8. The fourth-order valence-corrected chi connectivity index (χ4v) is 21.0. The second-order valence-corrected chi connectivity index (χ2v) is 44.9. The van der Waals surface area contributed by atoms with Gasteiger partial charge in [-0.25, -0.2) is 57.5 Å². The number of hydrogen-bond acceptors (Lipinski definition) is 34. The number of hydrogen-bond donors (Lipinski definition) is 13. The van der Waals surface area contributed by atoms with Crippen molar-refractivity contribution < 1.29 is 57.1 Å². The Labute approximate surface area is 841 Å². The Bertz CT molecular complexity index is 7410. The van der Waals surface area contributed by atoms with Gasteiger partial charge in [-0.15, -0.1) is 51.0 Å². The van der Waals surface area contributed by atoms with E-state index in [0.717, 1.165) is 129 Å². The molecule has 0 radical (unpaired) electrons. The van der Waals surface area contributed by atoms with E-state index >= 15 is 0 Å². The number of likely N-dealkylation sites (N-methyl/N-ethyl adjacent to an activating group) is 1. The molecule has 2 fully saturated rings. The summed E-state index contributed by atoms with van der Waals surface area (Å²) in [6.07, 6.45) is 6.67. The van der Waals surface area contributed by atoms with E-state index in [1.807, 2.05) is 141 Å². The number of primary sulfonamides is 3. The second kappa shape index (κ2) is 48.8. The quantitative estimate of drug-likeness (QED) is 0.0163. The number of nitrogens with two attached hydrogens (primary N) is 3. The molecule has 2 aliphatic heterocycles. The molecule has 48 heteroatoms. The van der Waals surface area contributed by atoms with Gasteiger partial charge in [0, 0.05) is 94.1 Å². The Hall–Kier alpha value is -13.7.